The lowest BCUT2D eigenvalue weighted by Crippen LogP contribution is -2.06. The second-order valence-electron chi connectivity index (χ2n) is 3.83. The lowest BCUT2D eigenvalue weighted by atomic mass is 10.1. The third-order valence-electron chi connectivity index (χ3n) is 2.54. The van der Waals surface area contributed by atoms with Crippen molar-refractivity contribution in [2.75, 3.05) is 0 Å². The van der Waals surface area contributed by atoms with Gasteiger partial charge in [-0.05, 0) is 37.1 Å². The van der Waals surface area contributed by atoms with Crippen LogP contribution in [0.2, 0.25) is 5.02 Å². The van der Waals surface area contributed by atoms with E-state index in [1.165, 1.54) is 0 Å². The fourth-order valence-electron chi connectivity index (χ4n) is 1.66. The number of nitrogens with two attached hydrogens (primary N) is 1. The summed E-state index contributed by atoms with van der Waals surface area (Å²) in [6.45, 7) is 4.04. The zero-order chi connectivity index (χ0) is 11.0. The first-order valence-electron chi connectivity index (χ1n) is 5.07. The first-order valence-corrected chi connectivity index (χ1v) is 5.44. The van der Waals surface area contributed by atoms with E-state index in [0.29, 0.717) is 5.02 Å². The molecule has 1 heterocycles. The van der Waals surface area contributed by atoms with Crippen LogP contribution in [0.4, 0.5) is 0 Å². The number of hydrogen-bond acceptors (Lipinski definition) is 2. The minimum Gasteiger partial charge on any atom is -0.458 e. The summed E-state index contributed by atoms with van der Waals surface area (Å²) >= 11 is 6.09. The number of benzene rings is 1. The highest BCUT2D eigenvalue weighted by atomic mass is 35.5. The molecule has 2 rings (SSSR count). The zero-order valence-electron chi connectivity index (χ0n) is 8.88. The minimum atomic E-state index is -0.0474. The minimum absolute atomic E-state index is 0.0474. The second kappa shape index (κ2) is 3.87. The normalized spacial score (nSPS) is 13.3. The van der Waals surface area contributed by atoms with E-state index in [9.17, 15) is 0 Å². The maximum atomic E-state index is 6.09. The van der Waals surface area contributed by atoms with Gasteiger partial charge in [-0.25, -0.2) is 0 Å². The van der Waals surface area contributed by atoms with Gasteiger partial charge in [0.25, 0.3) is 0 Å². The van der Waals surface area contributed by atoms with E-state index in [1.54, 1.807) is 0 Å². The Bertz CT molecular complexity index is 490. The van der Waals surface area contributed by atoms with Crippen molar-refractivity contribution in [2.45, 2.75) is 26.3 Å². The molecule has 15 heavy (non-hydrogen) atoms. The van der Waals surface area contributed by atoms with Gasteiger partial charge in [0.15, 0.2) is 5.58 Å². The Hall–Kier alpha value is -0.990. The van der Waals surface area contributed by atoms with Crippen LogP contribution in [0, 0.1) is 6.92 Å². The van der Waals surface area contributed by atoms with Crippen molar-refractivity contribution < 1.29 is 4.42 Å². The van der Waals surface area contributed by atoms with E-state index in [-0.39, 0.29) is 6.04 Å². The Labute approximate surface area is 94.0 Å². The summed E-state index contributed by atoms with van der Waals surface area (Å²) in [6, 6.07) is 5.88. The largest absolute Gasteiger partial charge is 0.458 e. The van der Waals surface area contributed by atoms with Gasteiger partial charge < -0.3 is 10.2 Å². The Balaban J connectivity index is 2.60. The molecule has 1 unspecified atom stereocenters. The molecule has 80 valence electrons. The molecular formula is C12H14ClNO. The van der Waals surface area contributed by atoms with Gasteiger partial charge in [0.2, 0.25) is 0 Å². The van der Waals surface area contributed by atoms with Crippen molar-refractivity contribution in [3.05, 3.63) is 34.5 Å². The van der Waals surface area contributed by atoms with Crippen molar-refractivity contribution >= 4 is 22.6 Å². The Morgan fingerprint density at radius 1 is 1.40 bits per heavy atom. The van der Waals surface area contributed by atoms with Crippen molar-refractivity contribution in [1.29, 1.82) is 0 Å². The molecule has 0 spiro atoms. The highest BCUT2D eigenvalue weighted by molar-refractivity contribution is 6.34. The van der Waals surface area contributed by atoms with Crippen molar-refractivity contribution in [3.63, 3.8) is 0 Å². The molecule has 0 radical (unpaired) electrons. The molecule has 3 heteroatoms. The van der Waals surface area contributed by atoms with Crippen LogP contribution in [0.5, 0.6) is 0 Å². The molecule has 0 amide bonds. The molecule has 1 aromatic carbocycles. The molecule has 0 aliphatic carbocycles. The fraction of sp³-hybridized carbons (Fsp3) is 0.333. The van der Waals surface area contributed by atoms with Gasteiger partial charge in [0, 0.05) is 5.39 Å². The molecule has 1 atom stereocenters. The van der Waals surface area contributed by atoms with Gasteiger partial charge in [0.05, 0.1) is 11.1 Å². The Morgan fingerprint density at radius 2 is 2.13 bits per heavy atom. The van der Waals surface area contributed by atoms with Gasteiger partial charge >= 0.3 is 0 Å². The van der Waals surface area contributed by atoms with Crippen LogP contribution in [0.15, 0.2) is 22.6 Å². The molecular weight excluding hydrogens is 210 g/mol. The molecule has 0 bridgehead atoms. The Morgan fingerprint density at radius 3 is 2.80 bits per heavy atom. The van der Waals surface area contributed by atoms with E-state index in [0.717, 1.165) is 28.7 Å². The average molecular weight is 224 g/mol. The maximum absolute atomic E-state index is 6.09. The molecule has 2 N–H and O–H groups in total. The quantitative estimate of drug-likeness (QED) is 0.841. The summed E-state index contributed by atoms with van der Waals surface area (Å²) < 4.78 is 5.65. The summed E-state index contributed by atoms with van der Waals surface area (Å²) in [4.78, 5) is 0. The van der Waals surface area contributed by atoms with Gasteiger partial charge in [-0.3, -0.25) is 0 Å². The van der Waals surface area contributed by atoms with Crippen molar-refractivity contribution in [3.8, 4) is 0 Å². The topological polar surface area (TPSA) is 39.2 Å². The molecule has 0 aliphatic rings. The van der Waals surface area contributed by atoms with E-state index < -0.39 is 0 Å². The Kier molecular flexibility index (Phi) is 2.72. The highest BCUT2D eigenvalue weighted by Gasteiger charge is 2.12. The molecule has 0 aliphatic heterocycles. The number of furan rings is 1. The molecule has 0 saturated heterocycles. The highest BCUT2D eigenvalue weighted by Crippen LogP contribution is 2.30. The lowest BCUT2D eigenvalue weighted by Gasteiger charge is -2.02. The van der Waals surface area contributed by atoms with E-state index >= 15 is 0 Å². The number of aryl methyl sites for hydroxylation is 1. The van der Waals surface area contributed by atoms with Crippen LogP contribution in [-0.4, -0.2) is 0 Å². The smallest absolute Gasteiger partial charge is 0.152 e. The molecule has 1 aromatic heterocycles. The maximum Gasteiger partial charge on any atom is 0.152 e. The van der Waals surface area contributed by atoms with Gasteiger partial charge in [-0.1, -0.05) is 18.5 Å². The van der Waals surface area contributed by atoms with Gasteiger partial charge in [-0.2, -0.15) is 0 Å². The average Bonchev–Trinajstić information content (AvgIpc) is 2.60. The first kappa shape index (κ1) is 10.5. The SMILES string of the molecule is CCC(N)c1cc2cc(C)cc(Cl)c2o1. The van der Waals surface area contributed by atoms with Gasteiger partial charge in [-0.15, -0.1) is 0 Å². The number of fused-ring (bicyclic) bond motifs is 1. The van der Waals surface area contributed by atoms with Crippen molar-refractivity contribution in [2.24, 2.45) is 5.73 Å². The van der Waals surface area contributed by atoms with Crippen LogP contribution in [0.3, 0.4) is 0 Å². The number of hydrogen-bond donors (Lipinski definition) is 1. The summed E-state index contributed by atoms with van der Waals surface area (Å²) in [6.07, 6.45) is 0.858. The fourth-order valence-corrected chi connectivity index (χ4v) is 1.97. The van der Waals surface area contributed by atoms with E-state index in [1.807, 2.05) is 26.0 Å². The van der Waals surface area contributed by atoms with E-state index in [2.05, 4.69) is 6.07 Å². The van der Waals surface area contributed by atoms with E-state index in [4.69, 9.17) is 21.8 Å². The third kappa shape index (κ3) is 1.87. The second-order valence-corrected chi connectivity index (χ2v) is 4.24. The lowest BCUT2D eigenvalue weighted by molar-refractivity contribution is 0.488. The van der Waals surface area contributed by atoms with Crippen LogP contribution in [-0.2, 0) is 0 Å². The molecule has 2 aromatic rings. The van der Waals surface area contributed by atoms with Crippen LogP contribution in [0.25, 0.3) is 11.0 Å². The molecule has 0 saturated carbocycles. The van der Waals surface area contributed by atoms with Crippen LogP contribution >= 0.6 is 11.6 Å². The standard InChI is InChI=1S/C12H14ClNO/c1-3-10(14)11-6-8-4-7(2)5-9(13)12(8)15-11/h4-6,10H,3,14H2,1-2H3. The predicted octanol–water partition coefficient (Wildman–Crippen LogP) is 3.80. The third-order valence-corrected chi connectivity index (χ3v) is 2.82. The van der Waals surface area contributed by atoms with Crippen LogP contribution < -0.4 is 5.73 Å². The summed E-state index contributed by atoms with van der Waals surface area (Å²) in [5.74, 6) is 0.806. The molecule has 2 nitrogen and oxygen atoms in total. The van der Waals surface area contributed by atoms with Crippen molar-refractivity contribution in [1.82, 2.24) is 0 Å². The predicted molar refractivity (Wildman–Crippen MR) is 63.2 cm³/mol. The summed E-state index contributed by atoms with van der Waals surface area (Å²) in [7, 11) is 0. The summed E-state index contributed by atoms with van der Waals surface area (Å²) in [5.41, 5.74) is 7.78. The van der Waals surface area contributed by atoms with Gasteiger partial charge in [0.1, 0.15) is 5.76 Å². The first-order chi connectivity index (χ1) is 7.11. The molecule has 0 fully saturated rings. The monoisotopic (exact) mass is 223 g/mol. The summed E-state index contributed by atoms with van der Waals surface area (Å²) in [5, 5.41) is 1.68. The number of rotatable bonds is 2. The zero-order valence-corrected chi connectivity index (χ0v) is 9.64. The van der Waals surface area contributed by atoms with Crippen LogP contribution in [0.1, 0.15) is 30.7 Å². The number of halogens is 1.